The molecule has 0 bridgehead atoms. The quantitative estimate of drug-likeness (QED) is 0.418. The Labute approximate surface area is 142 Å². The van der Waals surface area contributed by atoms with Crippen LogP contribution in [0.25, 0.3) is 0 Å². The van der Waals surface area contributed by atoms with E-state index in [1.54, 1.807) is 12.1 Å². The summed E-state index contributed by atoms with van der Waals surface area (Å²) in [5.41, 5.74) is 7.50. The van der Waals surface area contributed by atoms with E-state index in [1.807, 2.05) is 26.8 Å². The molecule has 7 heteroatoms. The number of nitrogens with two attached hydrogens (primary N) is 1. The summed E-state index contributed by atoms with van der Waals surface area (Å²) < 4.78 is 0. The first-order valence-electron chi connectivity index (χ1n) is 7.74. The maximum Gasteiger partial charge on any atom is 0.321 e. The zero-order valence-corrected chi connectivity index (χ0v) is 14.6. The fourth-order valence-electron chi connectivity index (χ4n) is 1.78. The maximum absolute atomic E-state index is 12.1. The van der Waals surface area contributed by atoms with Gasteiger partial charge in [0.2, 0.25) is 0 Å². The van der Waals surface area contributed by atoms with E-state index in [1.165, 1.54) is 24.2 Å². The maximum atomic E-state index is 12.1. The summed E-state index contributed by atoms with van der Waals surface area (Å²) in [6.07, 6.45) is 3.12. The number of anilines is 1. The molecule has 0 heterocycles. The smallest absolute Gasteiger partial charge is 0.321 e. The van der Waals surface area contributed by atoms with Gasteiger partial charge < -0.3 is 16.4 Å². The second kappa shape index (κ2) is 11.7. The lowest BCUT2D eigenvalue weighted by Gasteiger charge is -2.18. The molecule has 0 aliphatic heterocycles. The lowest BCUT2D eigenvalue weighted by Crippen LogP contribution is -2.39. The third-order valence-electron chi connectivity index (χ3n) is 2.91. The zero-order chi connectivity index (χ0) is 18.5. The van der Waals surface area contributed by atoms with Crippen LogP contribution in [0.15, 0.2) is 30.5 Å². The molecule has 132 valence electrons. The molecule has 24 heavy (non-hydrogen) atoms. The minimum atomic E-state index is -0.373. The van der Waals surface area contributed by atoms with Crippen LogP contribution in [0.4, 0.5) is 10.5 Å². The van der Waals surface area contributed by atoms with Gasteiger partial charge in [-0.25, -0.2) is 4.79 Å². The van der Waals surface area contributed by atoms with Crippen molar-refractivity contribution in [3.05, 3.63) is 41.6 Å². The van der Waals surface area contributed by atoms with Gasteiger partial charge in [0.05, 0.1) is 5.56 Å². The molecule has 7 nitrogen and oxygen atoms in total. The Morgan fingerprint density at radius 1 is 1.29 bits per heavy atom. The number of nitrogens with one attached hydrogen (secondary N) is 2. The fourth-order valence-corrected chi connectivity index (χ4v) is 1.78. The Morgan fingerprint density at radius 3 is 2.54 bits per heavy atom. The molecule has 0 atom stereocenters. The second-order valence-electron chi connectivity index (χ2n) is 4.57. The Hall–Kier alpha value is -2.83. The number of carbonyl (C=O) groups is 3. The van der Waals surface area contributed by atoms with Gasteiger partial charge in [0.15, 0.2) is 0 Å². The van der Waals surface area contributed by atoms with Crippen LogP contribution in [-0.4, -0.2) is 43.3 Å². The van der Waals surface area contributed by atoms with Crippen molar-refractivity contribution in [2.24, 2.45) is 0 Å². The normalized spacial score (nSPS) is 9.67. The van der Waals surface area contributed by atoms with Crippen LogP contribution in [-0.2, 0) is 4.79 Å². The number of hydrogen-bond acceptors (Lipinski definition) is 4. The number of amides is 3. The molecule has 0 radical (unpaired) electrons. The Balaban J connectivity index is 0.00000254. The van der Waals surface area contributed by atoms with Crippen LogP contribution in [0.5, 0.6) is 0 Å². The van der Waals surface area contributed by atoms with E-state index in [9.17, 15) is 14.4 Å². The number of nitrogen functional groups attached to an aromatic ring is 1. The predicted octanol–water partition coefficient (Wildman–Crippen LogP) is 1.69. The summed E-state index contributed by atoms with van der Waals surface area (Å²) in [7, 11) is 1.48. The summed E-state index contributed by atoms with van der Waals surface area (Å²) in [6, 6.07) is 4.83. The third kappa shape index (κ3) is 6.95. The average molecular weight is 334 g/mol. The van der Waals surface area contributed by atoms with E-state index in [0.717, 1.165) is 5.56 Å². The van der Waals surface area contributed by atoms with Gasteiger partial charge in [0.1, 0.15) is 6.29 Å². The van der Waals surface area contributed by atoms with Crippen molar-refractivity contribution in [3.8, 4) is 0 Å². The summed E-state index contributed by atoms with van der Waals surface area (Å²) in [5.74, 6) is -0.308. The van der Waals surface area contributed by atoms with Gasteiger partial charge in [-0.05, 0) is 25.1 Å². The van der Waals surface area contributed by atoms with Crippen molar-refractivity contribution in [1.82, 2.24) is 15.5 Å². The first-order chi connectivity index (χ1) is 11.5. The monoisotopic (exact) mass is 334 g/mol. The number of allylic oxidation sites excluding steroid dienone is 1. The fraction of sp³-hybridized carbons (Fsp3) is 0.353. The summed E-state index contributed by atoms with van der Waals surface area (Å²) in [6.45, 7) is 6.32. The second-order valence-corrected chi connectivity index (χ2v) is 4.57. The van der Waals surface area contributed by atoms with Crippen molar-refractivity contribution >= 4 is 23.9 Å². The number of nitrogens with zero attached hydrogens (tertiary/aromatic N) is 1. The number of aryl methyl sites for hydroxylation is 1. The van der Waals surface area contributed by atoms with Crippen LogP contribution in [0.3, 0.4) is 0 Å². The van der Waals surface area contributed by atoms with Gasteiger partial charge in [-0.1, -0.05) is 25.5 Å². The van der Waals surface area contributed by atoms with Crippen molar-refractivity contribution in [2.45, 2.75) is 20.8 Å². The highest BCUT2D eigenvalue weighted by molar-refractivity contribution is 5.99. The number of rotatable bonds is 6. The molecule has 1 aromatic rings. The number of hydrogen-bond donors (Lipinski definition) is 3. The van der Waals surface area contributed by atoms with E-state index in [0.29, 0.717) is 17.5 Å². The van der Waals surface area contributed by atoms with Crippen LogP contribution in [0.1, 0.15) is 29.8 Å². The Kier molecular flexibility index (Phi) is 10.3. The first-order valence-corrected chi connectivity index (χ1v) is 7.74. The SMILES string of the molecule is CC.CNC(=O)N(/C=C\C=O)CCNC(=O)c1cc(C)ccc1N. The number of aldehydes is 1. The van der Waals surface area contributed by atoms with E-state index in [-0.39, 0.29) is 25.0 Å². The van der Waals surface area contributed by atoms with Crippen molar-refractivity contribution in [3.63, 3.8) is 0 Å². The van der Waals surface area contributed by atoms with Gasteiger partial charge in [-0.15, -0.1) is 0 Å². The molecule has 0 fully saturated rings. The molecular weight excluding hydrogens is 308 g/mol. The molecular formula is C17H26N4O3. The minimum absolute atomic E-state index is 0.224. The van der Waals surface area contributed by atoms with Gasteiger partial charge in [-0.2, -0.15) is 0 Å². The number of urea groups is 1. The standard InChI is InChI=1S/C15H20N4O3.C2H6/c1-11-4-5-13(16)12(10-11)14(21)18-6-8-19(7-3-9-20)15(22)17-2;1-2/h3-5,7,9-10H,6,8,16H2,1-2H3,(H,17,22)(H,18,21);1-2H3/b7-3-;. The zero-order valence-electron chi connectivity index (χ0n) is 14.6. The van der Waals surface area contributed by atoms with Crippen LogP contribution in [0, 0.1) is 6.92 Å². The predicted molar refractivity (Wildman–Crippen MR) is 95.6 cm³/mol. The van der Waals surface area contributed by atoms with Crippen molar-refractivity contribution < 1.29 is 14.4 Å². The number of carbonyl (C=O) groups excluding carboxylic acids is 3. The highest BCUT2D eigenvalue weighted by Gasteiger charge is 2.12. The minimum Gasteiger partial charge on any atom is -0.398 e. The Morgan fingerprint density at radius 2 is 1.96 bits per heavy atom. The molecule has 0 saturated heterocycles. The molecule has 0 aliphatic rings. The lowest BCUT2D eigenvalue weighted by atomic mass is 10.1. The summed E-state index contributed by atoms with van der Waals surface area (Å²) >= 11 is 0. The molecule has 3 amide bonds. The van der Waals surface area contributed by atoms with Gasteiger partial charge in [-0.3, -0.25) is 14.5 Å². The molecule has 1 aromatic carbocycles. The molecule has 0 aliphatic carbocycles. The average Bonchev–Trinajstić information content (AvgIpc) is 2.60. The van der Waals surface area contributed by atoms with E-state index in [2.05, 4.69) is 10.6 Å². The molecule has 0 spiro atoms. The lowest BCUT2D eigenvalue weighted by molar-refractivity contribution is -0.104. The molecule has 1 rings (SSSR count). The van der Waals surface area contributed by atoms with E-state index in [4.69, 9.17) is 5.73 Å². The van der Waals surface area contributed by atoms with Crippen molar-refractivity contribution in [2.75, 3.05) is 25.9 Å². The first kappa shape index (κ1) is 21.2. The van der Waals surface area contributed by atoms with Gasteiger partial charge >= 0.3 is 6.03 Å². The topological polar surface area (TPSA) is 105 Å². The van der Waals surface area contributed by atoms with Crippen molar-refractivity contribution in [1.29, 1.82) is 0 Å². The highest BCUT2D eigenvalue weighted by atomic mass is 16.2. The number of benzene rings is 1. The highest BCUT2D eigenvalue weighted by Crippen LogP contribution is 2.13. The molecule has 0 saturated carbocycles. The van der Waals surface area contributed by atoms with Crippen LogP contribution < -0.4 is 16.4 Å². The Bertz CT molecular complexity index is 585. The van der Waals surface area contributed by atoms with Crippen LogP contribution in [0.2, 0.25) is 0 Å². The molecule has 4 N–H and O–H groups in total. The molecule has 0 unspecified atom stereocenters. The van der Waals surface area contributed by atoms with E-state index < -0.39 is 0 Å². The van der Waals surface area contributed by atoms with E-state index >= 15 is 0 Å². The van der Waals surface area contributed by atoms with Gasteiger partial charge in [0, 0.05) is 32.0 Å². The summed E-state index contributed by atoms with van der Waals surface area (Å²) in [5, 5.41) is 5.14. The largest absolute Gasteiger partial charge is 0.398 e. The van der Waals surface area contributed by atoms with Crippen LogP contribution >= 0.6 is 0 Å². The summed E-state index contributed by atoms with van der Waals surface area (Å²) in [4.78, 5) is 35.3. The van der Waals surface area contributed by atoms with Gasteiger partial charge in [0.25, 0.3) is 5.91 Å². The third-order valence-corrected chi connectivity index (χ3v) is 2.91. The molecule has 0 aromatic heterocycles.